The van der Waals surface area contributed by atoms with Crippen LogP contribution in [0.2, 0.25) is 0 Å². The van der Waals surface area contributed by atoms with Crippen molar-refractivity contribution in [1.29, 1.82) is 0 Å². The second-order valence-corrected chi connectivity index (χ2v) is 7.13. The summed E-state index contributed by atoms with van der Waals surface area (Å²) in [4.78, 5) is 12.3. The molecule has 1 aromatic rings. The molecule has 2 fully saturated rings. The summed E-state index contributed by atoms with van der Waals surface area (Å²) in [6.45, 7) is 0.707. The van der Waals surface area contributed by atoms with E-state index in [9.17, 15) is 23.1 Å². The lowest BCUT2D eigenvalue weighted by atomic mass is 9.78. The van der Waals surface area contributed by atoms with Gasteiger partial charge in [-0.05, 0) is 30.9 Å². The number of halogens is 3. The number of hydrogen-bond donors (Lipinski definition) is 3. The summed E-state index contributed by atoms with van der Waals surface area (Å²) in [5.74, 6) is -0.199. The van der Waals surface area contributed by atoms with Gasteiger partial charge in [0.1, 0.15) is 0 Å². The second kappa shape index (κ2) is 6.96. The second-order valence-electron chi connectivity index (χ2n) is 7.13. The molecule has 1 aromatic carbocycles. The molecule has 1 saturated heterocycles. The number of benzene rings is 1. The molecule has 1 aliphatic carbocycles. The summed E-state index contributed by atoms with van der Waals surface area (Å²) < 4.78 is 39.1. The Labute approximate surface area is 144 Å². The fourth-order valence-electron chi connectivity index (χ4n) is 3.94. The smallest absolute Gasteiger partial charge is 0.392 e. The Morgan fingerprint density at radius 3 is 2.64 bits per heavy atom. The number of carbonyl (C=O) groups is 1. The number of alkyl halides is 3. The largest absolute Gasteiger partial charge is 0.416 e. The van der Waals surface area contributed by atoms with E-state index in [1.807, 2.05) is 0 Å². The van der Waals surface area contributed by atoms with Crippen LogP contribution in [-0.2, 0) is 16.4 Å². The minimum atomic E-state index is -4.37. The molecular formula is C18H23F3N2O2. The minimum absolute atomic E-state index is 0.199. The van der Waals surface area contributed by atoms with Crippen LogP contribution in [0.25, 0.3) is 0 Å². The Morgan fingerprint density at radius 2 is 2.04 bits per heavy atom. The topological polar surface area (TPSA) is 61.4 Å². The van der Waals surface area contributed by atoms with Gasteiger partial charge in [-0.3, -0.25) is 4.79 Å². The van der Waals surface area contributed by atoms with Gasteiger partial charge in [0.05, 0.1) is 17.7 Å². The third kappa shape index (κ3) is 3.98. The van der Waals surface area contributed by atoms with Crippen LogP contribution < -0.4 is 10.6 Å². The van der Waals surface area contributed by atoms with Gasteiger partial charge in [-0.2, -0.15) is 13.2 Å². The van der Waals surface area contributed by atoms with Crippen LogP contribution in [0.4, 0.5) is 13.2 Å². The van der Waals surface area contributed by atoms with Crippen LogP contribution >= 0.6 is 0 Å². The average molecular weight is 356 g/mol. The molecule has 1 amide bonds. The van der Waals surface area contributed by atoms with E-state index in [0.717, 1.165) is 31.7 Å². The number of hydrogen-bond acceptors (Lipinski definition) is 3. The summed E-state index contributed by atoms with van der Waals surface area (Å²) in [6.07, 6.45) is -1.14. The van der Waals surface area contributed by atoms with E-state index in [1.54, 1.807) is 6.07 Å². The van der Waals surface area contributed by atoms with E-state index in [0.29, 0.717) is 25.1 Å². The van der Waals surface area contributed by atoms with E-state index in [-0.39, 0.29) is 5.91 Å². The molecule has 1 aliphatic heterocycles. The Hall–Kier alpha value is -1.60. The van der Waals surface area contributed by atoms with Crippen molar-refractivity contribution in [1.82, 2.24) is 10.6 Å². The zero-order chi connectivity index (χ0) is 18.1. The van der Waals surface area contributed by atoms with Crippen molar-refractivity contribution in [2.24, 2.45) is 0 Å². The van der Waals surface area contributed by atoms with Crippen molar-refractivity contribution in [3.8, 4) is 0 Å². The number of aliphatic hydroxyl groups is 1. The molecule has 1 heterocycles. The van der Waals surface area contributed by atoms with Crippen molar-refractivity contribution >= 4 is 5.91 Å². The summed E-state index contributed by atoms with van der Waals surface area (Å²) in [5, 5.41) is 15.4. The number of β-amino-alcohol motifs (C(OH)–C–C–N with tert-alkyl or cyclic N) is 1. The van der Waals surface area contributed by atoms with Gasteiger partial charge in [-0.25, -0.2) is 0 Å². The van der Waals surface area contributed by atoms with Crippen molar-refractivity contribution in [3.05, 3.63) is 35.4 Å². The quantitative estimate of drug-likeness (QED) is 0.776. The van der Waals surface area contributed by atoms with Crippen LogP contribution in [0.1, 0.15) is 43.2 Å². The third-order valence-electron chi connectivity index (χ3n) is 5.39. The molecule has 2 aliphatic rings. The number of nitrogens with one attached hydrogen (secondary N) is 2. The first kappa shape index (κ1) is 18.2. The number of aliphatic hydroxyl groups excluding tert-OH is 1. The maximum atomic E-state index is 13.0. The molecule has 25 heavy (non-hydrogen) atoms. The maximum Gasteiger partial charge on any atom is 0.416 e. The first-order chi connectivity index (χ1) is 11.8. The van der Waals surface area contributed by atoms with Crippen LogP contribution in [-0.4, -0.2) is 36.2 Å². The molecule has 138 valence electrons. The molecule has 0 radical (unpaired) electrons. The maximum absolute atomic E-state index is 13.0. The number of amides is 1. The molecule has 7 heteroatoms. The lowest BCUT2D eigenvalue weighted by Gasteiger charge is -2.31. The summed E-state index contributed by atoms with van der Waals surface area (Å²) in [7, 11) is 0. The highest BCUT2D eigenvalue weighted by Gasteiger charge is 2.39. The molecule has 4 nitrogen and oxygen atoms in total. The van der Waals surface area contributed by atoms with E-state index in [2.05, 4.69) is 10.6 Å². The summed E-state index contributed by atoms with van der Waals surface area (Å²) >= 11 is 0. The SMILES string of the molecule is O=C(NCC1(c2cccc(C(F)(F)F)c2)CCCC1)C1CC(O)CN1. The van der Waals surface area contributed by atoms with E-state index < -0.39 is 29.3 Å². The Kier molecular flexibility index (Phi) is 5.06. The highest BCUT2D eigenvalue weighted by atomic mass is 19.4. The number of rotatable bonds is 4. The van der Waals surface area contributed by atoms with Gasteiger partial charge >= 0.3 is 6.18 Å². The monoisotopic (exact) mass is 356 g/mol. The summed E-state index contributed by atoms with van der Waals surface area (Å²) in [5.41, 5.74) is -0.462. The zero-order valence-electron chi connectivity index (χ0n) is 13.9. The molecule has 3 N–H and O–H groups in total. The zero-order valence-corrected chi connectivity index (χ0v) is 13.9. The minimum Gasteiger partial charge on any atom is -0.392 e. The standard InChI is InChI=1S/C18H23F3N2O2/c19-18(20,21)13-5-3-4-12(8-13)17(6-1-2-7-17)11-23-16(25)15-9-14(24)10-22-15/h3-5,8,14-15,22,24H,1-2,6-7,9-11H2,(H,23,25). The van der Waals surface area contributed by atoms with Gasteiger partial charge in [0.2, 0.25) is 5.91 Å². The molecular weight excluding hydrogens is 333 g/mol. The average Bonchev–Trinajstić information content (AvgIpc) is 3.22. The lowest BCUT2D eigenvalue weighted by Crippen LogP contribution is -2.46. The van der Waals surface area contributed by atoms with Gasteiger partial charge in [0.15, 0.2) is 0 Å². The van der Waals surface area contributed by atoms with E-state index in [4.69, 9.17) is 0 Å². The fourth-order valence-corrected chi connectivity index (χ4v) is 3.94. The van der Waals surface area contributed by atoms with Crippen molar-refractivity contribution in [2.45, 2.75) is 55.8 Å². The molecule has 3 rings (SSSR count). The van der Waals surface area contributed by atoms with Gasteiger partial charge in [0, 0.05) is 18.5 Å². The Balaban J connectivity index is 1.75. The first-order valence-corrected chi connectivity index (χ1v) is 8.67. The van der Waals surface area contributed by atoms with Crippen LogP contribution in [0, 0.1) is 0 Å². The fraction of sp³-hybridized carbons (Fsp3) is 0.611. The van der Waals surface area contributed by atoms with E-state index in [1.165, 1.54) is 12.1 Å². The summed E-state index contributed by atoms with van der Waals surface area (Å²) in [6, 6.07) is 5.03. The molecule has 1 saturated carbocycles. The molecule has 0 spiro atoms. The molecule has 2 unspecified atom stereocenters. The van der Waals surface area contributed by atoms with Crippen molar-refractivity contribution in [2.75, 3.05) is 13.1 Å². The molecule has 0 aromatic heterocycles. The first-order valence-electron chi connectivity index (χ1n) is 8.67. The third-order valence-corrected chi connectivity index (χ3v) is 5.39. The molecule has 2 atom stereocenters. The van der Waals surface area contributed by atoms with Crippen LogP contribution in [0.3, 0.4) is 0 Å². The van der Waals surface area contributed by atoms with Gasteiger partial charge in [-0.1, -0.05) is 31.0 Å². The van der Waals surface area contributed by atoms with Crippen molar-refractivity contribution in [3.63, 3.8) is 0 Å². The van der Waals surface area contributed by atoms with Crippen molar-refractivity contribution < 1.29 is 23.1 Å². The normalized spacial score (nSPS) is 25.9. The van der Waals surface area contributed by atoms with E-state index >= 15 is 0 Å². The predicted octanol–water partition coefficient (Wildman–Crippen LogP) is 2.36. The highest BCUT2D eigenvalue weighted by molar-refractivity contribution is 5.82. The number of carbonyl (C=O) groups excluding carboxylic acids is 1. The van der Waals surface area contributed by atoms with Gasteiger partial charge in [0.25, 0.3) is 0 Å². The van der Waals surface area contributed by atoms with Gasteiger partial charge < -0.3 is 15.7 Å². The van der Waals surface area contributed by atoms with Crippen LogP contribution in [0.5, 0.6) is 0 Å². The lowest BCUT2D eigenvalue weighted by molar-refractivity contribution is -0.137. The van der Waals surface area contributed by atoms with Gasteiger partial charge in [-0.15, -0.1) is 0 Å². The highest BCUT2D eigenvalue weighted by Crippen LogP contribution is 2.42. The molecule has 0 bridgehead atoms. The predicted molar refractivity (Wildman–Crippen MR) is 87.0 cm³/mol. The van der Waals surface area contributed by atoms with Crippen LogP contribution in [0.15, 0.2) is 24.3 Å². The Bertz CT molecular complexity index is 627. The Morgan fingerprint density at radius 1 is 1.32 bits per heavy atom.